The number of rotatable bonds is 1. The van der Waals surface area contributed by atoms with E-state index in [9.17, 15) is 4.79 Å². The van der Waals surface area contributed by atoms with E-state index in [1.54, 1.807) is 0 Å². The summed E-state index contributed by atoms with van der Waals surface area (Å²) < 4.78 is 5.42. The van der Waals surface area contributed by atoms with E-state index >= 15 is 0 Å². The minimum absolute atomic E-state index is 0. The van der Waals surface area contributed by atoms with E-state index in [2.05, 4.69) is 0 Å². The molecule has 2 heterocycles. The van der Waals surface area contributed by atoms with Crippen molar-refractivity contribution >= 4 is 18.3 Å². The summed E-state index contributed by atoms with van der Waals surface area (Å²) >= 11 is 0. The predicted molar refractivity (Wildman–Crippen MR) is 86.9 cm³/mol. The van der Waals surface area contributed by atoms with E-state index < -0.39 is 0 Å². The van der Waals surface area contributed by atoms with E-state index in [0.29, 0.717) is 25.0 Å². The Labute approximate surface area is 137 Å². The van der Waals surface area contributed by atoms with Crippen LogP contribution in [0.15, 0.2) is 18.2 Å². The van der Waals surface area contributed by atoms with E-state index in [0.717, 1.165) is 30.6 Å². The third kappa shape index (κ3) is 2.64. The van der Waals surface area contributed by atoms with Gasteiger partial charge in [0, 0.05) is 24.7 Å². The second kappa shape index (κ2) is 6.19. The van der Waals surface area contributed by atoms with E-state index in [4.69, 9.17) is 10.5 Å². The van der Waals surface area contributed by atoms with Gasteiger partial charge >= 0.3 is 0 Å². The first-order chi connectivity index (χ1) is 10.2. The minimum atomic E-state index is 0. The molecule has 1 aromatic carbocycles. The zero-order valence-electron chi connectivity index (χ0n) is 12.7. The molecule has 3 atom stereocenters. The fourth-order valence-corrected chi connectivity index (χ4v) is 4.17. The molecule has 2 fully saturated rings. The van der Waals surface area contributed by atoms with Crippen LogP contribution in [0.25, 0.3) is 0 Å². The Bertz CT molecular complexity index is 578. The summed E-state index contributed by atoms with van der Waals surface area (Å²) in [5.41, 5.74) is 9.41. The molecule has 3 aliphatic rings. The fraction of sp³-hybridized carbons (Fsp3) is 0.588. The minimum Gasteiger partial charge on any atom is -0.372 e. The lowest BCUT2D eigenvalue weighted by Gasteiger charge is -2.29. The average molecular weight is 323 g/mol. The summed E-state index contributed by atoms with van der Waals surface area (Å²) in [5.74, 6) is 1.27. The molecule has 4 rings (SSSR count). The number of carbonyl (C=O) groups excluding carboxylic acids is 1. The molecule has 1 saturated carbocycles. The van der Waals surface area contributed by atoms with Gasteiger partial charge in [0.1, 0.15) is 0 Å². The van der Waals surface area contributed by atoms with Crippen molar-refractivity contribution in [3.05, 3.63) is 34.9 Å². The van der Waals surface area contributed by atoms with Crippen molar-refractivity contribution in [2.75, 3.05) is 13.1 Å². The van der Waals surface area contributed by atoms with Crippen LogP contribution in [0.5, 0.6) is 0 Å². The summed E-state index contributed by atoms with van der Waals surface area (Å²) in [6.07, 6.45) is 3.54. The van der Waals surface area contributed by atoms with Crippen molar-refractivity contribution in [3.63, 3.8) is 0 Å². The second-order valence-corrected chi connectivity index (χ2v) is 6.71. The fourth-order valence-electron chi connectivity index (χ4n) is 4.17. The SMILES string of the molecule is Cl.NC1CCCC2CN(C(=O)c3ccc4c(c3)COC4)CC12. The molecular formula is C17H23ClN2O2. The first kappa shape index (κ1) is 15.8. The molecule has 0 radical (unpaired) electrons. The van der Waals surface area contributed by atoms with Crippen LogP contribution in [0.4, 0.5) is 0 Å². The number of benzene rings is 1. The van der Waals surface area contributed by atoms with Gasteiger partial charge in [-0.15, -0.1) is 12.4 Å². The highest BCUT2D eigenvalue weighted by molar-refractivity contribution is 5.94. The average Bonchev–Trinajstić information content (AvgIpc) is 3.12. The Kier molecular flexibility index (Phi) is 4.44. The van der Waals surface area contributed by atoms with Crippen LogP contribution in [0.2, 0.25) is 0 Å². The predicted octanol–water partition coefficient (Wildman–Crippen LogP) is 2.34. The summed E-state index contributed by atoms with van der Waals surface area (Å²) in [6.45, 7) is 3.02. The molecule has 3 unspecified atom stereocenters. The molecule has 120 valence electrons. The summed E-state index contributed by atoms with van der Waals surface area (Å²) in [4.78, 5) is 14.8. The van der Waals surface area contributed by atoms with Crippen molar-refractivity contribution in [3.8, 4) is 0 Å². The maximum atomic E-state index is 12.7. The van der Waals surface area contributed by atoms with Crippen LogP contribution in [0.3, 0.4) is 0 Å². The van der Waals surface area contributed by atoms with E-state index in [1.807, 2.05) is 23.1 Å². The summed E-state index contributed by atoms with van der Waals surface area (Å²) in [7, 11) is 0. The Morgan fingerprint density at radius 3 is 2.82 bits per heavy atom. The number of fused-ring (bicyclic) bond motifs is 2. The molecule has 1 aliphatic carbocycles. The highest BCUT2D eigenvalue weighted by Gasteiger charge is 2.40. The quantitative estimate of drug-likeness (QED) is 0.863. The van der Waals surface area contributed by atoms with Crippen molar-refractivity contribution < 1.29 is 9.53 Å². The highest BCUT2D eigenvalue weighted by Crippen LogP contribution is 2.36. The first-order valence-electron chi connectivity index (χ1n) is 7.97. The van der Waals surface area contributed by atoms with Gasteiger partial charge in [0.2, 0.25) is 0 Å². The van der Waals surface area contributed by atoms with Gasteiger partial charge in [0.15, 0.2) is 0 Å². The Hall–Kier alpha value is -1.10. The number of ether oxygens (including phenoxy) is 1. The number of likely N-dealkylation sites (tertiary alicyclic amines) is 1. The van der Waals surface area contributed by atoms with Gasteiger partial charge in [0.05, 0.1) is 13.2 Å². The monoisotopic (exact) mass is 322 g/mol. The van der Waals surface area contributed by atoms with Crippen molar-refractivity contribution in [2.45, 2.75) is 38.5 Å². The number of hydrogen-bond acceptors (Lipinski definition) is 3. The van der Waals surface area contributed by atoms with Crippen molar-refractivity contribution in [1.82, 2.24) is 4.90 Å². The van der Waals surface area contributed by atoms with Crippen molar-refractivity contribution in [2.24, 2.45) is 17.6 Å². The lowest BCUT2D eigenvalue weighted by Crippen LogP contribution is -2.38. The number of nitrogens with zero attached hydrogens (tertiary/aromatic N) is 1. The third-order valence-electron chi connectivity index (χ3n) is 5.41. The van der Waals surface area contributed by atoms with Gasteiger partial charge in [-0.2, -0.15) is 0 Å². The molecule has 2 aliphatic heterocycles. The van der Waals surface area contributed by atoms with Gasteiger partial charge < -0.3 is 15.4 Å². The molecule has 22 heavy (non-hydrogen) atoms. The number of amides is 1. The van der Waals surface area contributed by atoms with Crippen LogP contribution < -0.4 is 5.73 Å². The molecule has 5 heteroatoms. The van der Waals surface area contributed by atoms with Gasteiger partial charge in [-0.1, -0.05) is 12.5 Å². The van der Waals surface area contributed by atoms with E-state index in [1.165, 1.54) is 18.4 Å². The second-order valence-electron chi connectivity index (χ2n) is 6.71. The van der Waals surface area contributed by atoms with Gasteiger partial charge in [-0.25, -0.2) is 0 Å². The van der Waals surface area contributed by atoms with E-state index in [-0.39, 0.29) is 24.4 Å². The van der Waals surface area contributed by atoms with Crippen LogP contribution in [-0.2, 0) is 18.0 Å². The Morgan fingerprint density at radius 1 is 1.18 bits per heavy atom. The molecule has 0 aromatic heterocycles. The van der Waals surface area contributed by atoms with Gasteiger partial charge in [-0.3, -0.25) is 4.79 Å². The third-order valence-corrected chi connectivity index (χ3v) is 5.41. The maximum absolute atomic E-state index is 12.7. The molecule has 0 spiro atoms. The number of hydrogen-bond donors (Lipinski definition) is 1. The van der Waals surface area contributed by atoms with Crippen LogP contribution in [0, 0.1) is 11.8 Å². The first-order valence-corrected chi connectivity index (χ1v) is 7.97. The molecule has 0 bridgehead atoms. The lowest BCUT2D eigenvalue weighted by atomic mass is 9.78. The smallest absolute Gasteiger partial charge is 0.253 e. The zero-order valence-corrected chi connectivity index (χ0v) is 13.5. The maximum Gasteiger partial charge on any atom is 0.253 e. The molecule has 4 nitrogen and oxygen atoms in total. The Balaban J connectivity index is 0.00000144. The largest absolute Gasteiger partial charge is 0.372 e. The van der Waals surface area contributed by atoms with Gasteiger partial charge in [0.25, 0.3) is 5.91 Å². The molecule has 2 N–H and O–H groups in total. The molecule has 1 saturated heterocycles. The Morgan fingerprint density at radius 2 is 2.00 bits per heavy atom. The highest BCUT2D eigenvalue weighted by atomic mass is 35.5. The van der Waals surface area contributed by atoms with Crippen LogP contribution in [-0.4, -0.2) is 29.9 Å². The molecular weight excluding hydrogens is 300 g/mol. The lowest BCUT2D eigenvalue weighted by molar-refractivity contribution is 0.0783. The van der Waals surface area contributed by atoms with Crippen LogP contribution in [0.1, 0.15) is 40.7 Å². The molecule has 1 amide bonds. The van der Waals surface area contributed by atoms with Crippen molar-refractivity contribution in [1.29, 1.82) is 0 Å². The number of halogens is 1. The normalized spacial score (nSPS) is 29.7. The van der Waals surface area contributed by atoms with Crippen LogP contribution >= 0.6 is 12.4 Å². The molecule has 1 aromatic rings. The van der Waals surface area contributed by atoms with Gasteiger partial charge in [-0.05, 0) is 47.9 Å². The standard InChI is InChI=1S/C17H22N2O2.ClH/c18-16-3-1-2-12-7-19(8-15(12)16)17(20)11-4-5-13-9-21-10-14(13)6-11;/h4-6,12,15-16H,1-3,7-10,18H2;1H. The topological polar surface area (TPSA) is 55.6 Å². The number of nitrogens with two attached hydrogens (primary N) is 1. The zero-order chi connectivity index (χ0) is 14.4. The number of carbonyl (C=O) groups is 1. The summed E-state index contributed by atoms with van der Waals surface area (Å²) in [6, 6.07) is 6.25. The summed E-state index contributed by atoms with van der Waals surface area (Å²) in [5, 5.41) is 0.